The predicted molar refractivity (Wildman–Crippen MR) is 137 cm³/mol. The molecule has 2 aromatic carbocycles. The van der Waals surface area contributed by atoms with Crippen LogP contribution in [0.5, 0.6) is 0 Å². The summed E-state index contributed by atoms with van der Waals surface area (Å²) in [5.74, 6) is -1.54. The minimum Gasteiger partial charge on any atom is -0.348 e. The molecule has 0 saturated heterocycles. The van der Waals surface area contributed by atoms with Crippen molar-refractivity contribution in [1.82, 2.24) is 29.7 Å². The van der Waals surface area contributed by atoms with Crippen LogP contribution in [0, 0.1) is 18.6 Å². The van der Waals surface area contributed by atoms with Gasteiger partial charge in [0.05, 0.1) is 18.1 Å². The van der Waals surface area contributed by atoms with E-state index in [9.17, 15) is 18.4 Å². The first-order valence-electron chi connectivity index (χ1n) is 11.7. The molecule has 0 aliphatic carbocycles. The predicted octanol–water partition coefficient (Wildman–Crippen LogP) is 4.27. The molecular weight excluding hydrogens is 492 g/mol. The third-order valence-electron chi connectivity index (χ3n) is 6.03. The van der Waals surface area contributed by atoms with Gasteiger partial charge in [0.25, 0.3) is 5.91 Å². The van der Waals surface area contributed by atoms with Crippen LogP contribution in [0.3, 0.4) is 0 Å². The Balaban J connectivity index is 1.40. The van der Waals surface area contributed by atoms with Crippen molar-refractivity contribution in [2.24, 2.45) is 7.05 Å². The molecule has 11 heteroatoms. The van der Waals surface area contributed by atoms with Crippen LogP contribution in [-0.4, -0.2) is 36.2 Å². The SMILES string of the molecule is CC(=O)Nc1cn2nc(-c3cc(F)c(C)c(C(=O)NCc4cc(-c5cnn(C)c5)ccc4F)c3)ccc2n1. The summed E-state index contributed by atoms with van der Waals surface area (Å²) in [4.78, 5) is 28.6. The second-order valence-electron chi connectivity index (χ2n) is 8.85. The molecule has 0 spiro atoms. The molecule has 0 aliphatic rings. The summed E-state index contributed by atoms with van der Waals surface area (Å²) in [7, 11) is 1.79. The number of rotatable bonds is 6. The Morgan fingerprint density at radius 2 is 1.79 bits per heavy atom. The Hall–Kier alpha value is -4.93. The molecule has 2 amide bonds. The highest BCUT2D eigenvalue weighted by molar-refractivity contribution is 5.97. The lowest BCUT2D eigenvalue weighted by molar-refractivity contribution is -0.114. The Bertz CT molecular complexity index is 1710. The average molecular weight is 516 g/mol. The zero-order valence-electron chi connectivity index (χ0n) is 20.8. The van der Waals surface area contributed by atoms with Crippen LogP contribution in [0.15, 0.2) is 61.1 Å². The van der Waals surface area contributed by atoms with Crippen LogP contribution in [0.4, 0.5) is 14.6 Å². The smallest absolute Gasteiger partial charge is 0.251 e. The van der Waals surface area contributed by atoms with E-state index < -0.39 is 17.5 Å². The summed E-state index contributed by atoms with van der Waals surface area (Å²) in [5, 5.41) is 13.8. The number of aryl methyl sites for hydroxylation is 1. The largest absolute Gasteiger partial charge is 0.348 e. The molecule has 2 N–H and O–H groups in total. The van der Waals surface area contributed by atoms with E-state index in [0.717, 1.165) is 11.1 Å². The Morgan fingerprint density at radius 1 is 0.974 bits per heavy atom. The lowest BCUT2D eigenvalue weighted by Crippen LogP contribution is -2.24. The van der Waals surface area contributed by atoms with E-state index in [1.165, 1.54) is 42.8 Å². The Labute approximate surface area is 216 Å². The number of hydrogen-bond acceptors (Lipinski definition) is 5. The lowest BCUT2D eigenvalue weighted by Gasteiger charge is -2.12. The van der Waals surface area contributed by atoms with E-state index in [2.05, 4.69) is 25.8 Å². The van der Waals surface area contributed by atoms with Gasteiger partial charge in [-0.3, -0.25) is 14.3 Å². The van der Waals surface area contributed by atoms with Crippen LogP contribution < -0.4 is 10.6 Å². The number of carbonyl (C=O) groups is 2. The molecule has 3 aromatic heterocycles. The number of nitrogens with zero attached hydrogens (tertiary/aromatic N) is 5. The summed E-state index contributed by atoms with van der Waals surface area (Å²) in [6, 6.07) is 10.8. The molecule has 9 nitrogen and oxygen atoms in total. The standard InChI is InChI=1S/C27H23F2N7O2/c1-15-21(27(38)30-11-19-8-17(4-5-22(19)28)20-12-31-35(3)13-20)9-18(10-23(15)29)24-6-7-26-33-25(32-16(2)37)14-36(26)34-24/h4-10,12-14H,11H2,1-3H3,(H,30,38)(H,32,37). The van der Waals surface area contributed by atoms with Gasteiger partial charge in [0, 0.05) is 49.0 Å². The fraction of sp³-hybridized carbons (Fsp3) is 0.148. The van der Waals surface area contributed by atoms with Crippen molar-refractivity contribution < 1.29 is 18.4 Å². The number of aromatic nitrogens is 5. The molecule has 0 saturated carbocycles. The van der Waals surface area contributed by atoms with E-state index in [0.29, 0.717) is 22.7 Å². The number of anilines is 1. The maximum Gasteiger partial charge on any atom is 0.251 e. The van der Waals surface area contributed by atoms with Gasteiger partial charge in [-0.2, -0.15) is 10.2 Å². The van der Waals surface area contributed by atoms with E-state index in [-0.39, 0.29) is 29.1 Å². The van der Waals surface area contributed by atoms with Crippen molar-refractivity contribution in [2.75, 3.05) is 5.32 Å². The van der Waals surface area contributed by atoms with E-state index in [1.807, 2.05) is 6.20 Å². The second kappa shape index (κ2) is 9.85. The summed E-state index contributed by atoms with van der Waals surface area (Å²) in [6.45, 7) is 2.79. The number of halogens is 2. The molecule has 5 aromatic rings. The maximum absolute atomic E-state index is 14.9. The zero-order valence-corrected chi connectivity index (χ0v) is 20.8. The van der Waals surface area contributed by atoms with Crippen LogP contribution in [0.1, 0.15) is 28.4 Å². The topological polar surface area (TPSA) is 106 Å². The number of fused-ring (bicyclic) bond motifs is 1. The van der Waals surface area contributed by atoms with Gasteiger partial charge >= 0.3 is 0 Å². The van der Waals surface area contributed by atoms with Crippen molar-refractivity contribution in [3.8, 4) is 22.4 Å². The highest BCUT2D eigenvalue weighted by atomic mass is 19.1. The van der Waals surface area contributed by atoms with E-state index in [1.54, 1.807) is 42.2 Å². The highest BCUT2D eigenvalue weighted by Crippen LogP contribution is 2.25. The summed E-state index contributed by atoms with van der Waals surface area (Å²) >= 11 is 0. The number of benzene rings is 2. The fourth-order valence-corrected chi connectivity index (χ4v) is 4.07. The average Bonchev–Trinajstić information content (AvgIpc) is 3.49. The van der Waals surface area contributed by atoms with Crippen LogP contribution in [0.2, 0.25) is 0 Å². The third kappa shape index (κ3) is 4.99. The van der Waals surface area contributed by atoms with Gasteiger partial charge in [-0.15, -0.1) is 0 Å². The normalized spacial score (nSPS) is 11.1. The van der Waals surface area contributed by atoms with Gasteiger partial charge in [0.15, 0.2) is 11.5 Å². The highest BCUT2D eigenvalue weighted by Gasteiger charge is 2.17. The molecule has 0 atom stereocenters. The maximum atomic E-state index is 14.9. The zero-order chi connectivity index (χ0) is 27.0. The summed E-state index contributed by atoms with van der Waals surface area (Å²) < 4.78 is 32.5. The van der Waals surface area contributed by atoms with Crippen LogP contribution in [0.25, 0.3) is 28.0 Å². The Kier molecular flexibility index (Phi) is 6.41. The van der Waals surface area contributed by atoms with Crippen molar-refractivity contribution in [3.63, 3.8) is 0 Å². The molecule has 0 unspecified atom stereocenters. The number of hydrogen-bond donors (Lipinski definition) is 2. The number of nitrogens with one attached hydrogen (secondary N) is 2. The van der Waals surface area contributed by atoms with Gasteiger partial charge in [0.1, 0.15) is 11.6 Å². The molecule has 0 bridgehead atoms. The van der Waals surface area contributed by atoms with Gasteiger partial charge < -0.3 is 10.6 Å². The molecule has 5 rings (SSSR count). The molecule has 0 aliphatic heterocycles. The molecule has 38 heavy (non-hydrogen) atoms. The molecule has 3 heterocycles. The second-order valence-corrected chi connectivity index (χ2v) is 8.85. The number of amides is 2. The van der Waals surface area contributed by atoms with Crippen LogP contribution in [-0.2, 0) is 18.4 Å². The van der Waals surface area contributed by atoms with Gasteiger partial charge in [-0.05, 0) is 54.4 Å². The molecule has 0 radical (unpaired) electrons. The fourth-order valence-electron chi connectivity index (χ4n) is 4.07. The first-order chi connectivity index (χ1) is 18.2. The van der Waals surface area contributed by atoms with E-state index >= 15 is 0 Å². The lowest BCUT2D eigenvalue weighted by atomic mass is 10.0. The van der Waals surface area contributed by atoms with Gasteiger partial charge in [-0.1, -0.05) is 6.07 Å². The molecular formula is C27H23F2N7O2. The van der Waals surface area contributed by atoms with E-state index in [4.69, 9.17) is 0 Å². The molecule has 192 valence electrons. The Morgan fingerprint density at radius 3 is 2.53 bits per heavy atom. The van der Waals surface area contributed by atoms with Crippen molar-refractivity contribution in [2.45, 2.75) is 20.4 Å². The molecule has 0 fully saturated rings. The first kappa shape index (κ1) is 24.8. The monoisotopic (exact) mass is 515 g/mol. The summed E-state index contributed by atoms with van der Waals surface area (Å²) in [6.07, 6.45) is 5.01. The van der Waals surface area contributed by atoms with Gasteiger partial charge in [0.2, 0.25) is 5.91 Å². The van der Waals surface area contributed by atoms with Crippen LogP contribution >= 0.6 is 0 Å². The van der Waals surface area contributed by atoms with Crippen molar-refractivity contribution >= 4 is 23.3 Å². The quantitative estimate of drug-likeness (QED) is 0.351. The summed E-state index contributed by atoms with van der Waals surface area (Å²) in [5.41, 5.74) is 3.39. The first-order valence-corrected chi connectivity index (χ1v) is 11.7. The minimum absolute atomic E-state index is 0.0881. The van der Waals surface area contributed by atoms with Crippen molar-refractivity contribution in [1.29, 1.82) is 0 Å². The van der Waals surface area contributed by atoms with Crippen molar-refractivity contribution in [3.05, 3.63) is 89.4 Å². The minimum atomic E-state index is -0.580. The van der Waals surface area contributed by atoms with Gasteiger partial charge in [-0.25, -0.2) is 18.3 Å². The number of carbonyl (C=O) groups excluding carboxylic acids is 2. The number of imidazole rings is 1. The third-order valence-corrected chi connectivity index (χ3v) is 6.03.